The van der Waals surface area contributed by atoms with Gasteiger partial charge in [0.25, 0.3) is 0 Å². The van der Waals surface area contributed by atoms with Gasteiger partial charge in [0, 0.05) is 6.42 Å². The monoisotopic (exact) mass is 310 g/mol. The third kappa shape index (κ3) is 5.96. The molecular formula is C17H17BNO4. The van der Waals surface area contributed by atoms with Crippen molar-refractivity contribution in [3.63, 3.8) is 0 Å². The maximum Gasteiger partial charge on any atom is 0.319 e. The molecule has 0 aliphatic rings. The number of hydrogen-bond donors (Lipinski definition) is 2. The van der Waals surface area contributed by atoms with E-state index in [1.54, 1.807) is 31.7 Å². The number of carboxylic acid groups (broad SMARTS) is 1. The number of aliphatic carboxylic acids is 1. The number of carboxylic acids is 1. The molecule has 6 heteroatoms. The summed E-state index contributed by atoms with van der Waals surface area (Å²) in [5.41, 5.74) is 0.866. The standard InChI is InChI=1S/C17H17BNO4/c20-16(23-14-9-5-2-6-10-14)12-11-15(17(21)22)19-18-13-7-3-1-4-8-13/h1-10,15,19H,11-12H2,(H,21,22)/t15-/m0/s1. The lowest BCUT2D eigenvalue weighted by Crippen LogP contribution is -2.43. The number of para-hydroxylation sites is 1. The van der Waals surface area contributed by atoms with Gasteiger partial charge in [0.2, 0.25) is 7.41 Å². The van der Waals surface area contributed by atoms with E-state index in [1.807, 2.05) is 36.4 Å². The second-order valence-corrected chi connectivity index (χ2v) is 4.94. The number of rotatable bonds is 8. The number of hydrogen-bond acceptors (Lipinski definition) is 4. The lowest BCUT2D eigenvalue weighted by atomic mass is 9.81. The summed E-state index contributed by atoms with van der Waals surface area (Å²) >= 11 is 0. The maximum atomic E-state index is 11.8. The van der Waals surface area contributed by atoms with Gasteiger partial charge < -0.3 is 15.1 Å². The van der Waals surface area contributed by atoms with Gasteiger partial charge in [0.1, 0.15) is 5.75 Å². The van der Waals surface area contributed by atoms with Crippen LogP contribution in [0.25, 0.3) is 0 Å². The Morgan fingerprint density at radius 2 is 1.65 bits per heavy atom. The van der Waals surface area contributed by atoms with Crippen LogP contribution < -0.4 is 15.4 Å². The van der Waals surface area contributed by atoms with Gasteiger partial charge in [-0.2, -0.15) is 0 Å². The SMILES string of the molecule is O=C(CC[C@H](N[B]c1ccccc1)C(=O)O)Oc1ccccc1. The first-order valence-corrected chi connectivity index (χ1v) is 7.28. The van der Waals surface area contributed by atoms with Crippen LogP contribution in [0.4, 0.5) is 0 Å². The smallest absolute Gasteiger partial charge is 0.319 e. The van der Waals surface area contributed by atoms with E-state index in [0.29, 0.717) is 5.75 Å². The summed E-state index contributed by atoms with van der Waals surface area (Å²) < 4.78 is 5.14. The molecule has 0 bridgehead atoms. The predicted molar refractivity (Wildman–Crippen MR) is 87.7 cm³/mol. The second-order valence-electron chi connectivity index (χ2n) is 4.94. The molecule has 1 atom stereocenters. The lowest BCUT2D eigenvalue weighted by molar-refractivity contribution is -0.139. The third-order valence-corrected chi connectivity index (χ3v) is 3.16. The van der Waals surface area contributed by atoms with Gasteiger partial charge in [-0.25, -0.2) is 0 Å². The van der Waals surface area contributed by atoms with E-state index in [1.165, 1.54) is 0 Å². The van der Waals surface area contributed by atoms with Crippen molar-refractivity contribution in [3.05, 3.63) is 60.7 Å². The highest BCUT2D eigenvalue weighted by atomic mass is 16.5. The van der Waals surface area contributed by atoms with Gasteiger partial charge in [-0.3, -0.25) is 9.59 Å². The van der Waals surface area contributed by atoms with Gasteiger partial charge >= 0.3 is 11.9 Å². The predicted octanol–water partition coefficient (Wildman–Crippen LogP) is 1.36. The minimum Gasteiger partial charge on any atom is -0.480 e. The zero-order valence-electron chi connectivity index (χ0n) is 12.5. The molecule has 0 saturated heterocycles. The number of benzene rings is 2. The molecule has 2 aromatic rings. The molecule has 1 radical (unpaired) electrons. The molecule has 0 amide bonds. The molecule has 5 nitrogen and oxygen atoms in total. The summed E-state index contributed by atoms with van der Waals surface area (Å²) in [6.45, 7) is 0. The molecule has 0 unspecified atom stereocenters. The van der Waals surface area contributed by atoms with Crippen LogP contribution in [0.1, 0.15) is 12.8 Å². The van der Waals surface area contributed by atoms with Crippen LogP contribution in [-0.4, -0.2) is 30.5 Å². The van der Waals surface area contributed by atoms with Crippen molar-refractivity contribution < 1.29 is 19.4 Å². The number of carbonyl (C=O) groups excluding carboxylic acids is 1. The van der Waals surface area contributed by atoms with Crippen LogP contribution in [0, 0.1) is 0 Å². The fourth-order valence-electron chi connectivity index (χ4n) is 1.96. The van der Waals surface area contributed by atoms with E-state index >= 15 is 0 Å². The summed E-state index contributed by atoms with van der Waals surface area (Å²) in [5, 5.41) is 12.0. The Balaban J connectivity index is 1.80. The lowest BCUT2D eigenvalue weighted by Gasteiger charge is -2.13. The van der Waals surface area contributed by atoms with Gasteiger partial charge in [-0.1, -0.05) is 54.0 Å². The van der Waals surface area contributed by atoms with Crippen LogP contribution in [0.5, 0.6) is 5.75 Å². The molecule has 0 heterocycles. The van der Waals surface area contributed by atoms with Gasteiger partial charge in [-0.05, 0) is 18.6 Å². The number of carbonyl (C=O) groups is 2. The van der Waals surface area contributed by atoms with Crippen LogP contribution in [0.3, 0.4) is 0 Å². The van der Waals surface area contributed by atoms with Crippen molar-refractivity contribution in [2.75, 3.05) is 0 Å². The van der Waals surface area contributed by atoms with Crippen LogP contribution in [0.15, 0.2) is 60.7 Å². The molecule has 0 spiro atoms. The second kappa shape index (κ2) is 8.75. The molecule has 0 aliphatic heterocycles. The first kappa shape index (κ1) is 16.8. The fraction of sp³-hybridized carbons (Fsp3) is 0.176. The molecule has 0 saturated carbocycles. The molecule has 0 fully saturated rings. The number of ether oxygens (including phenoxy) is 1. The van der Waals surface area contributed by atoms with Crippen molar-refractivity contribution in [3.8, 4) is 5.75 Å². The summed E-state index contributed by atoms with van der Waals surface area (Å²) in [6.07, 6.45) is 0.159. The van der Waals surface area contributed by atoms with Crippen molar-refractivity contribution in [1.29, 1.82) is 0 Å². The molecule has 2 rings (SSSR count). The van der Waals surface area contributed by atoms with E-state index in [9.17, 15) is 14.7 Å². The van der Waals surface area contributed by atoms with Crippen LogP contribution in [-0.2, 0) is 9.59 Å². The average molecular weight is 310 g/mol. The number of nitrogens with one attached hydrogen (secondary N) is 1. The molecular weight excluding hydrogens is 293 g/mol. The highest BCUT2D eigenvalue weighted by molar-refractivity contribution is 6.51. The summed E-state index contributed by atoms with van der Waals surface area (Å²) in [7, 11) is 1.63. The Kier molecular flexibility index (Phi) is 6.38. The summed E-state index contributed by atoms with van der Waals surface area (Å²) in [5.74, 6) is -1.01. The quantitative estimate of drug-likeness (QED) is 0.437. The highest BCUT2D eigenvalue weighted by Crippen LogP contribution is 2.10. The largest absolute Gasteiger partial charge is 0.480 e. The molecule has 0 aromatic heterocycles. The van der Waals surface area contributed by atoms with Gasteiger partial charge in [-0.15, -0.1) is 0 Å². The summed E-state index contributed by atoms with van der Waals surface area (Å²) in [4.78, 5) is 23.0. The Hall–Kier alpha value is -2.60. The fourth-order valence-corrected chi connectivity index (χ4v) is 1.96. The first-order chi connectivity index (χ1) is 11.1. The van der Waals surface area contributed by atoms with Crippen molar-refractivity contribution >= 4 is 24.8 Å². The van der Waals surface area contributed by atoms with Crippen molar-refractivity contribution in [1.82, 2.24) is 5.23 Å². The zero-order chi connectivity index (χ0) is 16.5. The van der Waals surface area contributed by atoms with Crippen LogP contribution in [0.2, 0.25) is 0 Å². The minimum atomic E-state index is -1.01. The van der Waals surface area contributed by atoms with Crippen LogP contribution >= 0.6 is 0 Å². The topological polar surface area (TPSA) is 75.6 Å². The molecule has 117 valence electrons. The van der Waals surface area contributed by atoms with E-state index < -0.39 is 18.0 Å². The van der Waals surface area contributed by atoms with E-state index in [0.717, 1.165) is 5.46 Å². The Morgan fingerprint density at radius 3 is 2.26 bits per heavy atom. The third-order valence-electron chi connectivity index (χ3n) is 3.16. The highest BCUT2D eigenvalue weighted by Gasteiger charge is 2.19. The molecule has 0 aliphatic carbocycles. The normalized spacial score (nSPS) is 11.5. The Morgan fingerprint density at radius 1 is 1.04 bits per heavy atom. The van der Waals surface area contributed by atoms with Gasteiger partial charge in [0.05, 0.1) is 6.04 Å². The zero-order valence-corrected chi connectivity index (χ0v) is 12.5. The number of esters is 1. The molecule has 2 aromatic carbocycles. The van der Waals surface area contributed by atoms with E-state index in [4.69, 9.17) is 4.74 Å². The van der Waals surface area contributed by atoms with Crippen molar-refractivity contribution in [2.24, 2.45) is 0 Å². The minimum absolute atomic E-state index is 0.0154. The Bertz CT molecular complexity index is 634. The average Bonchev–Trinajstić information content (AvgIpc) is 2.56. The molecule has 23 heavy (non-hydrogen) atoms. The van der Waals surface area contributed by atoms with E-state index in [-0.39, 0.29) is 12.8 Å². The maximum absolute atomic E-state index is 11.8. The van der Waals surface area contributed by atoms with E-state index in [2.05, 4.69) is 5.23 Å². The molecule has 2 N–H and O–H groups in total. The van der Waals surface area contributed by atoms with Gasteiger partial charge in [0.15, 0.2) is 0 Å². The van der Waals surface area contributed by atoms with Crippen molar-refractivity contribution in [2.45, 2.75) is 18.9 Å². The summed E-state index contributed by atoms with van der Waals surface area (Å²) in [6, 6.07) is 17.2. The Labute approximate surface area is 135 Å². The first-order valence-electron chi connectivity index (χ1n) is 7.28.